The Morgan fingerprint density at radius 3 is 1.58 bits per heavy atom. The van der Waals surface area contributed by atoms with Crippen molar-refractivity contribution in [2.45, 2.75) is 0 Å². The molecule has 11 heteroatoms. The molecule has 3 rings (SSSR count). The first-order chi connectivity index (χ1) is 11.2. The van der Waals surface area contributed by atoms with Gasteiger partial charge < -0.3 is 0 Å². The topological polar surface area (TPSA) is 124 Å². The van der Waals surface area contributed by atoms with Crippen LogP contribution < -0.4 is 0 Å². The fourth-order valence-corrected chi connectivity index (χ4v) is 3.26. The molecule has 0 radical (unpaired) electrons. The van der Waals surface area contributed by atoms with Gasteiger partial charge in [-0.05, 0) is 0 Å². The van der Waals surface area contributed by atoms with Gasteiger partial charge in [0.25, 0.3) is 23.2 Å². The van der Waals surface area contributed by atoms with E-state index in [4.69, 9.17) is 23.2 Å². The van der Waals surface area contributed by atoms with Gasteiger partial charge in [0.15, 0.2) is 0 Å². The van der Waals surface area contributed by atoms with E-state index in [0.717, 1.165) is 12.1 Å². The van der Waals surface area contributed by atoms with Gasteiger partial charge in [-0.25, -0.2) is 0 Å². The third kappa shape index (κ3) is 1.95. The molecule has 0 N–H and O–H groups in total. The number of carbonyl (C=O) groups is 2. The van der Waals surface area contributed by atoms with Gasteiger partial charge in [-0.1, -0.05) is 23.2 Å². The molecule has 2 amide bonds. The first-order valence-electron chi connectivity index (χ1n) is 6.26. The number of imide groups is 1. The van der Waals surface area contributed by atoms with Gasteiger partial charge in [-0.2, -0.15) is 0 Å². The molecular weight excluding hydrogens is 365 g/mol. The quantitative estimate of drug-likeness (QED) is 0.454. The Morgan fingerprint density at radius 1 is 0.875 bits per heavy atom. The highest BCUT2D eigenvalue weighted by Crippen LogP contribution is 2.46. The van der Waals surface area contributed by atoms with Crippen molar-refractivity contribution in [3.8, 4) is 0 Å². The highest BCUT2D eigenvalue weighted by atomic mass is 35.5. The first kappa shape index (κ1) is 16.1. The predicted molar refractivity (Wildman–Crippen MR) is 83.7 cm³/mol. The third-order valence-corrected chi connectivity index (χ3v) is 4.47. The summed E-state index contributed by atoms with van der Waals surface area (Å²) >= 11 is 12.0. The number of rotatable bonds is 2. The molecule has 0 saturated heterocycles. The fraction of sp³-hybridized carbons (Fsp3) is 0.0769. The molecule has 0 fully saturated rings. The second-order valence-electron chi connectivity index (χ2n) is 4.95. The molecule has 0 atom stereocenters. The van der Waals surface area contributed by atoms with E-state index in [2.05, 4.69) is 0 Å². The van der Waals surface area contributed by atoms with Gasteiger partial charge in [0.05, 0.1) is 21.0 Å². The van der Waals surface area contributed by atoms with E-state index in [-0.39, 0.29) is 21.9 Å². The van der Waals surface area contributed by atoms with Crippen LogP contribution in [-0.4, -0.2) is 33.6 Å². The van der Waals surface area contributed by atoms with Crippen molar-refractivity contribution in [2.24, 2.45) is 0 Å². The van der Waals surface area contributed by atoms with E-state index in [1.165, 1.54) is 7.05 Å². The number of nitro groups is 2. The minimum Gasteiger partial charge on any atom is -0.277 e. The number of carbonyl (C=O) groups excluding carboxylic acids is 2. The van der Waals surface area contributed by atoms with Gasteiger partial charge >= 0.3 is 0 Å². The van der Waals surface area contributed by atoms with Gasteiger partial charge in [0, 0.05) is 30.0 Å². The maximum atomic E-state index is 12.3. The fourth-order valence-electron chi connectivity index (χ4n) is 2.59. The SMILES string of the molecule is CN1C(=O)c2cc([N+](=O)[O-])c(Cl)c3c(Cl)c([N+](=O)[O-])cc(c23)C1=O. The number of nitrogens with zero attached hydrogens (tertiary/aromatic N) is 3. The van der Waals surface area contributed by atoms with Crippen LogP contribution in [0.3, 0.4) is 0 Å². The highest BCUT2D eigenvalue weighted by molar-refractivity contribution is 6.47. The number of hydrogen-bond acceptors (Lipinski definition) is 6. The predicted octanol–water partition coefficient (Wildman–Crippen LogP) is 3.19. The summed E-state index contributed by atoms with van der Waals surface area (Å²) in [6.45, 7) is 0. The van der Waals surface area contributed by atoms with Crippen LogP contribution in [0.15, 0.2) is 12.1 Å². The maximum absolute atomic E-state index is 12.3. The van der Waals surface area contributed by atoms with E-state index in [9.17, 15) is 29.8 Å². The average molecular weight is 370 g/mol. The number of hydrogen-bond donors (Lipinski definition) is 0. The van der Waals surface area contributed by atoms with Crippen molar-refractivity contribution in [1.82, 2.24) is 4.90 Å². The monoisotopic (exact) mass is 369 g/mol. The first-order valence-corrected chi connectivity index (χ1v) is 7.02. The van der Waals surface area contributed by atoms with Crippen LogP contribution in [0, 0.1) is 20.2 Å². The molecule has 122 valence electrons. The molecule has 2 aromatic carbocycles. The Morgan fingerprint density at radius 2 is 1.25 bits per heavy atom. The van der Waals surface area contributed by atoms with E-state index in [1.54, 1.807) is 0 Å². The molecule has 0 bridgehead atoms. The van der Waals surface area contributed by atoms with E-state index < -0.39 is 43.1 Å². The lowest BCUT2D eigenvalue weighted by molar-refractivity contribution is -0.385. The lowest BCUT2D eigenvalue weighted by atomic mass is 9.93. The van der Waals surface area contributed by atoms with Crippen LogP contribution >= 0.6 is 23.2 Å². The zero-order chi connectivity index (χ0) is 17.9. The molecule has 1 heterocycles. The number of amides is 2. The Bertz CT molecular complexity index is 929. The molecule has 0 aliphatic carbocycles. The Balaban J connectivity index is 2.65. The van der Waals surface area contributed by atoms with Crippen molar-refractivity contribution in [3.05, 3.63) is 53.5 Å². The molecule has 9 nitrogen and oxygen atoms in total. The molecule has 0 unspecified atom stereocenters. The van der Waals surface area contributed by atoms with E-state index in [1.807, 2.05) is 0 Å². The molecule has 0 spiro atoms. The summed E-state index contributed by atoms with van der Waals surface area (Å²) in [5, 5.41) is 21.1. The summed E-state index contributed by atoms with van der Waals surface area (Å²) in [5.41, 5.74) is -1.61. The lowest BCUT2D eigenvalue weighted by Crippen LogP contribution is -2.37. The largest absolute Gasteiger partial charge is 0.289 e. The van der Waals surface area contributed by atoms with Crippen LogP contribution in [-0.2, 0) is 0 Å². The third-order valence-electron chi connectivity index (χ3n) is 3.70. The minimum absolute atomic E-state index is 0.0331. The number of nitro benzene ring substituents is 2. The average Bonchev–Trinajstić information content (AvgIpc) is 2.51. The molecule has 0 aromatic heterocycles. The number of halogens is 2. The maximum Gasteiger partial charge on any atom is 0.289 e. The zero-order valence-electron chi connectivity index (χ0n) is 11.7. The van der Waals surface area contributed by atoms with Gasteiger partial charge in [0.1, 0.15) is 10.0 Å². The lowest BCUT2D eigenvalue weighted by Gasteiger charge is -2.24. The van der Waals surface area contributed by atoms with E-state index >= 15 is 0 Å². The number of benzene rings is 2. The van der Waals surface area contributed by atoms with Crippen LogP contribution in [0.5, 0.6) is 0 Å². The summed E-state index contributed by atoms with van der Waals surface area (Å²) in [7, 11) is 1.17. The van der Waals surface area contributed by atoms with Crippen LogP contribution in [0.25, 0.3) is 10.8 Å². The van der Waals surface area contributed by atoms with Gasteiger partial charge in [-0.3, -0.25) is 34.7 Å². The molecule has 1 aliphatic heterocycles. The molecule has 2 aromatic rings. The standard InChI is InChI=1S/C13H5Cl2N3O6/c1-16-12(19)4-2-6(17(21)22)10(14)9-8(4)5(13(16)20)3-7(11(9)15)18(23)24/h2-3H,1H3. The Kier molecular flexibility index (Phi) is 3.43. The van der Waals surface area contributed by atoms with E-state index in [0.29, 0.717) is 4.90 Å². The molecule has 1 aliphatic rings. The minimum atomic E-state index is -0.836. The molecule has 0 saturated carbocycles. The Labute approximate surface area is 142 Å². The van der Waals surface area contributed by atoms with Gasteiger partial charge in [0.2, 0.25) is 0 Å². The normalized spacial score (nSPS) is 13.5. The summed E-state index contributed by atoms with van der Waals surface area (Å²) in [6.07, 6.45) is 0. The van der Waals surface area contributed by atoms with Crippen molar-refractivity contribution >= 4 is 57.2 Å². The summed E-state index contributed by atoms with van der Waals surface area (Å²) < 4.78 is 0. The van der Waals surface area contributed by atoms with Crippen molar-refractivity contribution < 1.29 is 19.4 Å². The van der Waals surface area contributed by atoms with Crippen molar-refractivity contribution in [2.75, 3.05) is 7.05 Å². The second kappa shape index (κ2) is 5.11. The van der Waals surface area contributed by atoms with Crippen molar-refractivity contribution in [1.29, 1.82) is 0 Å². The Hall–Kier alpha value is -2.78. The molecule has 24 heavy (non-hydrogen) atoms. The second-order valence-corrected chi connectivity index (χ2v) is 5.70. The van der Waals surface area contributed by atoms with Crippen LogP contribution in [0.4, 0.5) is 11.4 Å². The smallest absolute Gasteiger partial charge is 0.277 e. The zero-order valence-corrected chi connectivity index (χ0v) is 13.2. The van der Waals surface area contributed by atoms with Gasteiger partial charge in [-0.15, -0.1) is 0 Å². The van der Waals surface area contributed by atoms with Crippen molar-refractivity contribution in [3.63, 3.8) is 0 Å². The van der Waals surface area contributed by atoms with Crippen LogP contribution in [0.2, 0.25) is 10.0 Å². The highest BCUT2D eigenvalue weighted by Gasteiger charge is 2.37. The van der Waals surface area contributed by atoms with Crippen LogP contribution in [0.1, 0.15) is 20.7 Å². The summed E-state index contributed by atoms with van der Waals surface area (Å²) in [4.78, 5) is 46.0. The summed E-state index contributed by atoms with van der Waals surface area (Å²) in [6, 6.07) is 1.86. The molecular formula is C13H5Cl2N3O6. The summed E-state index contributed by atoms with van der Waals surface area (Å²) in [5.74, 6) is -1.58.